The Balaban J connectivity index is 0.000000188. The molecule has 5 heterocycles. The van der Waals surface area contributed by atoms with Crippen LogP contribution >= 0.6 is 62.3 Å². The van der Waals surface area contributed by atoms with Crippen LogP contribution in [-0.2, 0) is 0 Å². The highest BCUT2D eigenvalue weighted by Crippen LogP contribution is 2.36. The Morgan fingerprint density at radius 3 is 1.32 bits per heavy atom. The predicted octanol–water partition coefficient (Wildman–Crippen LogP) is 10.5. The van der Waals surface area contributed by atoms with Crippen molar-refractivity contribution in [3.63, 3.8) is 0 Å². The van der Waals surface area contributed by atoms with Gasteiger partial charge in [-0.25, -0.2) is 24.6 Å². The Morgan fingerprint density at radius 1 is 0.482 bits per heavy atom. The summed E-state index contributed by atoms with van der Waals surface area (Å²) < 4.78 is 16.5. The van der Waals surface area contributed by atoms with Crippen LogP contribution in [0.1, 0.15) is 11.1 Å². The third-order valence-corrected chi connectivity index (χ3v) is 7.75. The van der Waals surface area contributed by atoms with Gasteiger partial charge in [-0.3, -0.25) is 9.69 Å². The lowest BCUT2D eigenvalue weighted by molar-refractivity contribution is 0.570. The van der Waals surface area contributed by atoms with E-state index in [1.54, 1.807) is 6.07 Å². The quantitative estimate of drug-likeness (QED) is 0.147. The van der Waals surface area contributed by atoms with E-state index in [4.69, 9.17) is 85.9 Å². The molecule has 0 aliphatic heterocycles. The number of benzene rings is 3. The fraction of sp³-hybridized carbons (Fsp3) is 0. The molecular formula is C33H6BrCl4N15O3. The summed E-state index contributed by atoms with van der Waals surface area (Å²) in [5.74, 6) is -0.0729. The number of rotatable bonds is 2. The SMILES string of the molecule is Clc1nc(Cl)nc(Cl)n1.[C-]#[N+]c1cc2nc(-c3nc(Cl)nc(-c4nc5cc(C#N)c(C#N)cc5o4)n3)oc2cc1[N+]#[C-].[C-]#[N+]c1cc2nc(Br)oc2cc1[N+]#[C-]. The van der Waals surface area contributed by atoms with Crippen molar-refractivity contribution in [2.75, 3.05) is 0 Å². The Labute approximate surface area is 340 Å². The van der Waals surface area contributed by atoms with Crippen molar-refractivity contribution in [2.45, 2.75) is 0 Å². The van der Waals surface area contributed by atoms with E-state index >= 15 is 0 Å². The van der Waals surface area contributed by atoms with E-state index < -0.39 is 0 Å². The molecule has 56 heavy (non-hydrogen) atoms. The first-order valence-corrected chi connectivity index (χ1v) is 16.7. The van der Waals surface area contributed by atoms with E-state index in [-0.39, 0.29) is 83.9 Å². The van der Waals surface area contributed by atoms with Gasteiger partial charge in [-0.1, -0.05) is 0 Å². The fourth-order valence-corrected chi connectivity index (χ4v) is 5.56. The molecule has 266 valence electrons. The van der Waals surface area contributed by atoms with Crippen molar-refractivity contribution in [2.24, 2.45) is 0 Å². The molecule has 8 rings (SSSR count). The highest BCUT2D eigenvalue weighted by atomic mass is 79.9. The molecule has 0 saturated carbocycles. The molecule has 5 aromatic heterocycles. The molecule has 8 aromatic rings. The van der Waals surface area contributed by atoms with E-state index in [9.17, 15) is 10.5 Å². The fourth-order valence-electron chi connectivity index (χ4n) is 4.43. The zero-order valence-electron chi connectivity index (χ0n) is 26.8. The third kappa shape index (κ3) is 8.24. The molecule has 0 N–H and O–H groups in total. The van der Waals surface area contributed by atoms with E-state index in [1.165, 1.54) is 30.3 Å². The Bertz CT molecular complexity index is 2830. The minimum atomic E-state index is -0.182. The van der Waals surface area contributed by atoms with Crippen molar-refractivity contribution in [1.82, 2.24) is 44.9 Å². The first-order valence-electron chi connectivity index (χ1n) is 14.4. The highest BCUT2D eigenvalue weighted by molar-refractivity contribution is 9.10. The maximum Gasteiger partial charge on any atom is 0.266 e. The zero-order valence-corrected chi connectivity index (χ0v) is 31.4. The molecule has 0 bridgehead atoms. The maximum atomic E-state index is 9.20. The molecule has 3 aromatic carbocycles. The standard InChI is InChI=1S/C21H4ClN9O2.C9H2BrN3O.C3Cl3N3/c1-25-11-5-14-16(6-12(11)26-2)33-20(28-14)18-29-17(30-21(22)31-18)19-27-13-3-9(7-23)10(8-24)4-15(13)32-19;1-11-5-3-7-8(4-6(5)12-2)14-9(10)13-7;4-1-7-2(5)9-3(6)8-1/h3-6H;3-4H;. The average molecular weight is 882 g/mol. The van der Waals surface area contributed by atoms with Crippen LogP contribution in [0.5, 0.6) is 0 Å². The van der Waals surface area contributed by atoms with E-state index in [0.717, 1.165) is 0 Å². The topological polar surface area (TPSA) is 220 Å². The lowest BCUT2D eigenvalue weighted by Crippen LogP contribution is -1.97. The summed E-state index contributed by atoms with van der Waals surface area (Å²) in [5.41, 5.74) is 3.47. The van der Waals surface area contributed by atoms with Crippen LogP contribution in [-0.4, -0.2) is 44.9 Å². The molecule has 0 radical (unpaired) electrons. The van der Waals surface area contributed by atoms with Gasteiger partial charge in [0.2, 0.25) is 32.8 Å². The van der Waals surface area contributed by atoms with Gasteiger partial charge in [0.25, 0.3) is 16.6 Å². The lowest BCUT2D eigenvalue weighted by atomic mass is 10.1. The summed E-state index contributed by atoms with van der Waals surface area (Å²) >= 11 is 25.1. The highest BCUT2D eigenvalue weighted by Gasteiger charge is 2.20. The second-order valence-electron chi connectivity index (χ2n) is 10.1. The summed E-state index contributed by atoms with van der Waals surface area (Å²) in [5, 5.41) is 18.2. The molecule has 0 amide bonds. The number of oxazole rings is 3. The van der Waals surface area contributed by atoms with Crippen LogP contribution in [0.4, 0.5) is 22.7 Å². The molecule has 0 unspecified atom stereocenters. The summed E-state index contributed by atoms with van der Waals surface area (Å²) in [6.07, 6.45) is 0. The molecule has 0 fully saturated rings. The van der Waals surface area contributed by atoms with Gasteiger partial charge in [0.05, 0.1) is 48.4 Å². The van der Waals surface area contributed by atoms with Crippen molar-refractivity contribution >= 4 is 118 Å². The van der Waals surface area contributed by atoms with Gasteiger partial charge in [-0.05, 0) is 76.7 Å². The van der Waals surface area contributed by atoms with E-state index in [2.05, 4.69) is 80.2 Å². The number of aromatic nitrogens is 9. The largest absolute Gasteiger partial charge is 0.435 e. The number of nitrogens with zero attached hydrogens (tertiary/aromatic N) is 15. The monoisotopic (exact) mass is 879 g/mol. The average Bonchev–Trinajstić information content (AvgIpc) is 3.90. The van der Waals surface area contributed by atoms with Crippen molar-refractivity contribution in [3.8, 4) is 35.6 Å². The van der Waals surface area contributed by atoms with E-state index in [1.807, 2.05) is 12.1 Å². The Kier molecular flexibility index (Phi) is 11.2. The minimum absolute atomic E-state index is 0.000000000000000444. The molecule has 0 saturated heterocycles. The molecular weight excluding hydrogens is 876 g/mol. The maximum absolute atomic E-state index is 9.20. The molecule has 23 heteroatoms. The Morgan fingerprint density at radius 2 is 0.857 bits per heavy atom. The summed E-state index contributed by atoms with van der Waals surface area (Å²) in [4.78, 5) is 48.7. The summed E-state index contributed by atoms with van der Waals surface area (Å²) in [7, 11) is 0. The van der Waals surface area contributed by atoms with Gasteiger partial charge in [-0.15, -0.1) is 0 Å². The first kappa shape index (κ1) is 38.4. The van der Waals surface area contributed by atoms with Crippen molar-refractivity contribution in [3.05, 3.63) is 119 Å². The van der Waals surface area contributed by atoms with E-state index in [0.29, 0.717) is 32.6 Å². The smallest absolute Gasteiger partial charge is 0.266 e. The lowest BCUT2D eigenvalue weighted by Gasteiger charge is -1.98. The second-order valence-corrected chi connectivity index (χ2v) is 12.1. The van der Waals surface area contributed by atoms with Gasteiger partial charge >= 0.3 is 0 Å². The molecule has 0 aliphatic rings. The Hall–Kier alpha value is -7.33. The molecule has 0 spiro atoms. The van der Waals surface area contributed by atoms with Gasteiger partial charge in [-0.2, -0.15) is 40.4 Å². The summed E-state index contributed by atoms with van der Waals surface area (Å²) in [6, 6.07) is 12.6. The van der Waals surface area contributed by atoms with Crippen LogP contribution < -0.4 is 0 Å². The number of fused-ring (bicyclic) bond motifs is 3. The van der Waals surface area contributed by atoms with Crippen molar-refractivity contribution < 1.29 is 13.3 Å². The zero-order chi connectivity index (χ0) is 40.1. The van der Waals surface area contributed by atoms with Gasteiger partial charge in [0, 0.05) is 22.0 Å². The van der Waals surface area contributed by atoms with Crippen molar-refractivity contribution in [1.29, 1.82) is 10.5 Å². The minimum Gasteiger partial charge on any atom is -0.435 e. The van der Waals surface area contributed by atoms with Gasteiger partial charge < -0.3 is 13.3 Å². The van der Waals surface area contributed by atoms with Crippen LogP contribution in [0, 0.1) is 49.0 Å². The summed E-state index contributed by atoms with van der Waals surface area (Å²) in [6.45, 7) is 28.2. The van der Waals surface area contributed by atoms with Crippen LogP contribution in [0.25, 0.3) is 76.1 Å². The number of hydrogen-bond donors (Lipinski definition) is 0. The number of nitriles is 2. The molecule has 18 nitrogen and oxygen atoms in total. The predicted molar refractivity (Wildman–Crippen MR) is 202 cm³/mol. The second kappa shape index (κ2) is 16.4. The van der Waals surface area contributed by atoms with Crippen LogP contribution in [0.15, 0.2) is 54.4 Å². The normalized spacial score (nSPS) is 10.1. The number of halogens is 5. The van der Waals surface area contributed by atoms with Crippen LogP contribution in [0.2, 0.25) is 21.1 Å². The molecule has 0 aliphatic carbocycles. The number of hydrogen-bond acceptors (Lipinski definition) is 14. The first-order chi connectivity index (χ1) is 26.9. The van der Waals surface area contributed by atoms with Crippen LogP contribution in [0.3, 0.4) is 0 Å². The van der Waals surface area contributed by atoms with Gasteiger partial charge in [0.1, 0.15) is 28.8 Å². The van der Waals surface area contributed by atoms with Gasteiger partial charge in [0.15, 0.2) is 28.3 Å². The molecule has 0 atom stereocenters. The third-order valence-electron chi connectivity index (χ3n) is 6.74.